The van der Waals surface area contributed by atoms with Crippen LogP contribution in [0.5, 0.6) is 11.5 Å². The average molecular weight is 615 g/mol. The number of nitro benzene ring substituents is 1. The van der Waals surface area contributed by atoms with Gasteiger partial charge in [-0.15, -0.1) is 0 Å². The number of cyclic esters (lactones) is 1. The Morgan fingerprint density at radius 3 is 2.46 bits per heavy atom. The van der Waals surface area contributed by atoms with Crippen LogP contribution < -0.4 is 4.74 Å². The van der Waals surface area contributed by atoms with E-state index in [-0.39, 0.29) is 23.1 Å². The van der Waals surface area contributed by atoms with E-state index in [0.717, 1.165) is 9.64 Å². The summed E-state index contributed by atoms with van der Waals surface area (Å²) < 4.78 is 50.1. The molecule has 0 radical (unpaired) electrons. The van der Waals surface area contributed by atoms with Crippen molar-refractivity contribution >= 4 is 57.8 Å². The Bertz CT molecular complexity index is 1410. The Balaban J connectivity index is 1.56. The lowest BCUT2D eigenvalue weighted by molar-refractivity contribution is -0.385. The third kappa shape index (κ3) is 5.62. The van der Waals surface area contributed by atoms with E-state index in [1.807, 2.05) is 0 Å². The molecule has 35 heavy (non-hydrogen) atoms. The smallest absolute Gasteiger partial charge is 0.416 e. The van der Waals surface area contributed by atoms with Crippen LogP contribution in [0.15, 0.2) is 71.4 Å². The number of esters is 1. The number of carbonyl (C=O) groups is 1. The number of nitro groups is 1. The van der Waals surface area contributed by atoms with Gasteiger partial charge in [0.15, 0.2) is 5.70 Å². The van der Waals surface area contributed by atoms with E-state index in [0.29, 0.717) is 28.3 Å². The van der Waals surface area contributed by atoms with Crippen molar-refractivity contribution in [2.45, 2.75) is 6.18 Å². The predicted molar refractivity (Wildman–Crippen MR) is 129 cm³/mol. The van der Waals surface area contributed by atoms with Gasteiger partial charge in [0.25, 0.3) is 0 Å². The summed E-state index contributed by atoms with van der Waals surface area (Å²) in [5.74, 6) is -0.814. The van der Waals surface area contributed by atoms with Crippen LogP contribution >= 0.6 is 34.2 Å². The maximum Gasteiger partial charge on any atom is 0.416 e. The number of hydrogen-bond donors (Lipinski definition) is 0. The minimum absolute atomic E-state index is 0.0296. The molecule has 3 aromatic rings. The monoisotopic (exact) mass is 614 g/mol. The fourth-order valence-corrected chi connectivity index (χ4v) is 3.71. The number of hydrogen-bond acceptors (Lipinski definition) is 6. The number of nitrogens with zero attached hydrogens (tertiary/aromatic N) is 2. The largest absolute Gasteiger partial charge is 0.450 e. The zero-order chi connectivity index (χ0) is 25.3. The molecule has 0 amide bonds. The molecule has 0 aromatic heterocycles. The van der Waals surface area contributed by atoms with E-state index in [1.165, 1.54) is 30.3 Å². The van der Waals surface area contributed by atoms with Crippen LogP contribution in [0.1, 0.15) is 16.7 Å². The van der Waals surface area contributed by atoms with E-state index >= 15 is 0 Å². The minimum Gasteiger partial charge on any atom is -0.450 e. The summed E-state index contributed by atoms with van der Waals surface area (Å²) in [7, 11) is 0. The molecule has 12 heteroatoms. The molecule has 0 unspecified atom stereocenters. The van der Waals surface area contributed by atoms with Crippen LogP contribution in [0.25, 0.3) is 6.08 Å². The third-order valence-electron chi connectivity index (χ3n) is 4.67. The van der Waals surface area contributed by atoms with E-state index in [1.54, 1.807) is 18.2 Å². The molecule has 0 bridgehead atoms. The van der Waals surface area contributed by atoms with Gasteiger partial charge in [0.2, 0.25) is 11.6 Å². The molecule has 1 heterocycles. The number of carbonyl (C=O) groups excluding carboxylic acids is 1. The Morgan fingerprint density at radius 1 is 1.09 bits per heavy atom. The second-order valence-electron chi connectivity index (χ2n) is 7.07. The molecule has 1 aliphatic heterocycles. The molecule has 0 atom stereocenters. The summed E-state index contributed by atoms with van der Waals surface area (Å²) in [4.78, 5) is 26.7. The summed E-state index contributed by atoms with van der Waals surface area (Å²) >= 11 is 8.26. The fraction of sp³-hybridized carbons (Fsp3) is 0.0435. The van der Waals surface area contributed by atoms with E-state index < -0.39 is 28.3 Å². The second-order valence-corrected chi connectivity index (χ2v) is 8.72. The third-order valence-corrected chi connectivity index (χ3v) is 5.67. The highest BCUT2D eigenvalue weighted by atomic mass is 127. The molecule has 0 saturated carbocycles. The molecular weight excluding hydrogens is 604 g/mol. The zero-order valence-corrected chi connectivity index (χ0v) is 20.1. The minimum atomic E-state index is -4.73. The SMILES string of the molecule is O=C1OC(c2cc(I)ccc2Cl)=N/C1=C\c1ccc(Oc2ccc(C(F)(F)F)cc2[N+](=O)[O-])cc1. The average Bonchev–Trinajstić information content (AvgIpc) is 3.16. The maximum absolute atomic E-state index is 12.9. The first kappa shape index (κ1) is 24.7. The highest BCUT2D eigenvalue weighted by molar-refractivity contribution is 14.1. The fourth-order valence-electron chi connectivity index (χ4n) is 3.03. The van der Waals surface area contributed by atoms with Gasteiger partial charge in [0.1, 0.15) is 5.75 Å². The van der Waals surface area contributed by atoms with Gasteiger partial charge in [-0.05, 0) is 76.7 Å². The number of rotatable bonds is 5. The van der Waals surface area contributed by atoms with Gasteiger partial charge in [-0.25, -0.2) is 9.79 Å². The van der Waals surface area contributed by atoms with Crippen LogP contribution in [-0.4, -0.2) is 16.8 Å². The molecular formula is C23H11ClF3IN2O5. The van der Waals surface area contributed by atoms with Crippen molar-refractivity contribution in [3.05, 3.63) is 102 Å². The van der Waals surface area contributed by atoms with Gasteiger partial charge in [-0.2, -0.15) is 13.2 Å². The van der Waals surface area contributed by atoms with Crippen molar-refractivity contribution in [1.29, 1.82) is 0 Å². The molecule has 0 fully saturated rings. The highest BCUT2D eigenvalue weighted by Crippen LogP contribution is 2.38. The second kappa shape index (κ2) is 9.66. The van der Waals surface area contributed by atoms with Gasteiger partial charge < -0.3 is 9.47 Å². The first-order chi connectivity index (χ1) is 16.5. The molecule has 178 valence electrons. The van der Waals surface area contributed by atoms with E-state index in [2.05, 4.69) is 27.6 Å². The van der Waals surface area contributed by atoms with Crippen molar-refractivity contribution in [1.82, 2.24) is 0 Å². The van der Waals surface area contributed by atoms with Crippen LogP contribution in [0, 0.1) is 13.7 Å². The number of aliphatic imine (C=N–C) groups is 1. The van der Waals surface area contributed by atoms with Crippen molar-refractivity contribution in [2.24, 2.45) is 4.99 Å². The number of ether oxygens (including phenoxy) is 2. The van der Waals surface area contributed by atoms with Gasteiger partial charge in [-0.1, -0.05) is 23.7 Å². The van der Waals surface area contributed by atoms with Gasteiger partial charge >= 0.3 is 17.8 Å². The van der Waals surface area contributed by atoms with Crippen molar-refractivity contribution in [3.8, 4) is 11.5 Å². The molecule has 4 rings (SSSR count). The molecule has 0 N–H and O–H groups in total. The Morgan fingerprint density at radius 2 is 1.80 bits per heavy atom. The Hall–Kier alpha value is -3.45. The van der Waals surface area contributed by atoms with Crippen molar-refractivity contribution < 1.29 is 32.4 Å². The molecule has 1 aliphatic rings. The summed E-state index contributed by atoms with van der Waals surface area (Å²) in [6, 6.07) is 13.1. The maximum atomic E-state index is 12.9. The molecule has 0 saturated heterocycles. The Kier molecular flexibility index (Phi) is 6.81. The van der Waals surface area contributed by atoms with Crippen LogP contribution in [0.3, 0.4) is 0 Å². The highest BCUT2D eigenvalue weighted by Gasteiger charge is 2.33. The lowest BCUT2D eigenvalue weighted by Gasteiger charge is -2.10. The van der Waals surface area contributed by atoms with Crippen LogP contribution in [-0.2, 0) is 15.7 Å². The van der Waals surface area contributed by atoms with Crippen LogP contribution in [0.4, 0.5) is 18.9 Å². The van der Waals surface area contributed by atoms with Crippen molar-refractivity contribution in [3.63, 3.8) is 0 Å². The summed E-state index contributed by atoms with van der Waals surface area (Å²) in [6.45, 7) is 0. The van der Waals surface area contributed by atoms with E-state index in [9.17, 15) is 28.1 Å². The summed E-state index contributed by atoms with van der Waals surface area (Å²) in [6.07, 6.45) is -3.27. The molecule has 0 aliphatic carbocycles. The number of halogens is 5. The van der Waals surface area contributed by atoms with Gasteiger partial charge in [0.05, 0.1) is 21.1 Å². The standard InChI is InChI=1S/C23H11ClF3IN2O5/c24-17-7-4-14(28)11-16(17)21-29-18(22(31)35-21)9-12-1-5-15(6-2-12)34-20-8-3-13(23(25,26)27)10-19(20)30(32)33/h1-11H/b18-9-. The first-order valence-corrected chi connectivity index (χ1v) is 11.1. The van der Waals surface area contributed by atoms with Gasteiger partial charge in [-0.3, -0.25) is 10.1 Å². The summed E-state index contributed by atoms with van der Waals surface area (Å²) in [5.41, 5.74) is -0.951. The van der Waals surface area contributed by atoms with E-state index in [4.69, 9.17) is 21.1 Å². The zero-order valence-electron chi connectivity index (χ0n) is 17.2. The molecule has 3 aromatic carbocycles. The summed E-state index contributed by atoms with van der Waals surface area (Å²) in [5, 5.41) is 11.6. The quantitative estimate of drug-likeness (QED) is 0.101. The molecule has 0 spiro atoms. The van der Waals surface area contributed by atoms with Crippen molar-refractivity contribution in [2.75, 3.05) is 0 Å². The van der Waals surface area contributed by atoms with Gasteiger partial charge in [0, 0.05) is 9.64 Å². The first-order valence-electron chi connectivity index (χ1n) is 9.63. The topological polar surface area (TPSA) is 91.0 Å². The normalized spacial score (nSPS) is 14.6. The lowest BCUT2D eigenvalue weighted by atomic mass is 10.1. The molecule has 7 nitrogen and oxygen atoms in total. The number of benzene rings is 3. The number of alkyl halides is 3. The Labute approximate surface area is 214 Å². The predicted octanol–water partition coefficient (Wildman–Crippen LogP) is 7.01. The van der Waals surface area contributed by atoms with Crippen LogP contribution in [0.2, 0.25) is 5.02 Å². The lowest BCUT2D eigenvalue weighted by Crippen LogP contribution is -2.06.